The predicted octanol–water partition coefficient (Wildman–Crippen LogP) is 0.943. The van der Waals surface area contributed by atoms with Crippen molar-refractivity contribution in [1.82, 2.24) is 19.3 Å². The van der Waals surface area contributed by atoms with Gasteiger partial charge in [0.05, 0.1) is 12.3 Å². The van der Waals surface area contributed by atoms with Crippen molar-refractivity contribution < 1.29 is 4.74 Å². The molecule has 1 atom stereocenters. The van der Waals surface area contributed by atoms with Gasteiger partial charge in [0.1, 0.15) is 5.52 Å². The number of fused-ring (bicyclic) bond motifs is 1. The largest absolute Gasteiger partial charge is 0.384 e. The molecule has 0 amide bonds. The Morgan fingerprint density at radius 2 is 2.18 bits per heavy atom. The second kappa shape index (κ2) is 4.37. The molecule has 0 aliphatic heterocycles. The Morgan fingerprint density at radius 3 is 2.82 bits per heavy atom. The number of hydrogen-bond acceptors (Lipinski definition) is 4. The number of aryl methyl sites for hydroxylation is 2. The molecule has 0 spiro atoms. The van der Waals surface area contributed by atoms with Crippen LogP contribution in [0.4, 0.5) is 5.95 Å². The van der Waals surface area contributed by atoms with Crippen LogP contribution in [0.15, 0.2) is 0 Å². The third-order valence-corrected chi connectivity index (χ3v) is 2.87. The summed E-state index contributed by atoms with van der Waals surface area (Å²) in [5, 5.41) is 4.35. The molecule has 0 bridgehead atoms. The highest BCUT2D eigenvalue weighted by Crippen LogP contribution is 2.21. The fraction of sp³-hybridized carbons (Fsp3) is 0.636. The van der Waals surface area contributed by atoms with Gasteiger partial charge in [-0.05, 0) is 12.8 Å². The fourth-order valence-corrected chi connectivity index (χ4v) is 2.18. The Labute approximate surface area is 100 Å². The summed E-state index contributed by atoms with van der Waals surface area (Å²) in [6.45, 7) is 5.56. The van der Waals surface area contributed by atoms with E-state index in [2.05, 4.69) is 17.0 Å². The second-order valence-corrected chi connectivity index (χ2v) is 4.52. The zero-order chi connectivity index (χ0) is 12.6. The Kier molecular flexibility index (Phi) is 3.06. The molecule has 2 aromatic rings. The molecule has 2 rings (SSSR count). The lowest BCUT2D eigenvalue weighted by Gasteiger charge is -2.13. The molecule has 2 N–H and O–H groups in total. The van der Waals surface area contributed by atoms with E-state index in [-0.39, 0.29) is 0 Å². The van der Waals surface area contributed by atoms with E-state index in [1.807, 2.05) is 23.2 Å². The van der Waals surface area contributed by atoms with Crippen LogP contribution in [0.5, 0.6) is 0 Å². The van der Waals surface area contributed by atoms with Crippen LogP contribution < -0.4 is 5.73 Å². The molecule has 0 aliphatic rings. The number of hydrogen-bond donors (Lipinski definition) is 1. The van der Waals surface area contributed by atoms with Crippen molar-refractivity contribution in [2.75, 3.05) is 19.5 Å². The van der Waals surface area contributed by atoms with E-state index < -0.39 is 0 Å². The number of anilines is 1. The van der Waals surface area contributed by atoms with Crippen molar-refractivity contribution in [2.45, 2.75) is 20.4 Å². The minimum Gasteiger partial charge on any atom is -0.384 e. The van der Waals surface area contributed by atoms with Gasteiger partial charge in [-0.2, -0.15) is 5.10 Å². The molecule has 6 heteroatoms. The zero-order valence-corrected chi connectivity index (χ0v) is 10.8. The number of imidazole rings is 1. The fourth-order valence-electron chi connectivity index (χ4n) is 2.18. The maximum atomic E-state index is 5.95. The first-order valence-corrected chi connectivity index (χ1v) is 5.68. The van der Waals surface area contributed by atoms with Gasteiger partial charge in [-0.1, -0.05) is 6.92 Å². The maximum Gasteiger partial charge on any atom is 0.202 e. The smallest absolute Gasteiger partial charge is 0.202 e. The molecule has 1 unspecified atom stereocenters. The molecule has 2 heterocycles. The van der Waals surface area contributed by atoms with Crippen molar-refractivity contribution in [3.05, 3.63) is 5.69 Å². The number of nitrogens with zero attached hydrogens (tertiary/aromatic N) is 4. The van der Waals surface area contributed by atoms with Gasteiger partial charge in [0, 0.05) is 20.7 Å². The van der Waals surface area contributed by atoms with Crippen molar-refractivity contribution in [3.8, 4) is 0 Å². The van der Waals surface area contributed by atoms with Gasteiger partial charge < -0.3 is 10.5 Å². The first-order chi connectivity index (χ1) is 8.04. The number of rotatable bonds is 4. The van der Waals surface area contributed by atoms with Crippen molar-refractivity contribution >= 4 is 17.1 Å². The Morgan fingerprint density at radius 1 is 1.47 bits per heavy atom. The molecule has 0 aromatic carbocycles. The first kappa shape index (κ1) is 11.9. The van der Waals surface area contributed by atoms with Crippen LogP contribution in [-0.2, 0) is 18.3 Å². The molecule has 0 radical (unpaired) electrons. The van der Waals surface area contributed by atoms with E-state index in [0.29, 0.717) is 18.5 Å². The highest BCUT2D eigenvalue weighted by atomic mass is 16.5. The van der Waals surface area contributed by atoms with Gasteiger partial charge in [0.2, 0.25) is 5.95 Å². The van der Waals surface area contributed by atoms with E-state index in [9.17, 15) is 0 Å². The van der Waals surface area contributed by atoms with Crippen LogP contribution in [0.25, 0.3) is 11.2 Å². The van der Waals surface area contributed by atoms with Crippen LogP contribution in [-0.4, -0.2) is 33.0 Å². The molecule has 2 aromatic heterocycles. The van der Waals surface area contributed by atoms with E-state index in [4.69, 9.17) is 10.5 Å². The van der Waals surface area contributed by atoms with Crippen LogP contribution in [0.3, 0.4) is 0 Å². The number of methoxy groups -OCH3 is 1. The molecular weight excluding hydrogens is 218 g/mol. The molecule has 0 saturated carbocycles. The van der Waals surface area contributed by atoms with Gasteiger partial charge in [-0.25, -0.2) is 4.98 Å². The third kappa shape index (κ3) is 2.00. The molecule has 17 heavy (non-hydrogen) atoms. The van der Waals surface area contributed by atoms with Gasteiger partial charge in [-0.15, -0.1) is 0 Å². The average molecular weight is 237 g/mol. The molecule has 0 aliphatic carbocycles. The number of aromatic nitrogens is 4. The summed E-state index contributed by atoms with van der Waals surface area (Å²) in [5.74, 6) is 0.925. The average Bonchev–Trinajstić information content (AvgIpc) is 2.69. The molecule has 0 fully saturated rings. The Bertz CT molecular complexity index is 527. The number of ether oxygens (including phenoxy) is 1. The highest BCUT2D eigenvalue weighted by molar-refractivity contribution is 5.77. The number of nitrogens with two attached hydrogens (primary N) is 1. The first-order valence-electron chi connectivity index (χ1n) is 5.68. The Hall–Kier alpha value is -1.56. The van der Waals surface area contributed by atoms with E-state index in [0.717, 1.165) is 23.4 Å². The lowest BCUT2D eigenvalue weighted by Crippen LogP contribution is -2.15. The summed E-state index contributed by atoms with van der Waals surface area (Å²) >= 11 is 0. The SMILES string of the molecule is COCC(C)Cn1c(N)nc2c(C)nn(C)c21. The maximum absolute atomic E-state index is 5.95. The Balaban J connectivity index is 2.42. The van der Waals surface area contributed by atoms with Crippen LogP contribution in [0.2, 0.25) is 0 Å². The summed E-state index contributed by atoms with van der Waals surface area (Å²) in [4.78, 5) is 4.36. The lowest BCUT2D eigenvalue weighted by molar-refractivity contribution is 0.152. The summed E-state index contributed by atoms with van der Waals surface area (Å²) < 4.78 is 8.97. The van der Waals surface area contributed by atoms with Gasteiger partial charge in [-0.3, -0.25) is 9.25 Å². The van der Waals surface area contributed by atoms with Crippen molar-refractivity contribution in [3.63, 3.8) is 0 Å². The molecular formula is C11H19N5O. The lowest BCUT2D eigenvalue weighted by atomic mass is 10.2. The van der Waals surface area contributed by atoms with Crippen molar-refractivity contribution in [2.24, 2.45) is 13.0 Å². The van der Waals surface area contributed by atoms with E-state index in [1.165, 1.54) is 0 Å². The predicted molar refractivity (Wildman–Crippen MR) is 66.7 cm³/mol. The minimum absolute atomic E-state index is 0.384. The molecule has 0 saturated heterocycles. The molecule has 94 valence electrons. The standard InChI is InChI=1S/C11H19N5O/c1-7(6-17-4)5-16-10-9(13-11(16)12)8(2)14-15(10)3/h7H,5-6H2,1-4H3,(H2,12,13). The summed E-state index contributed by atoms with van der Waals surface area (Å²) in [7, 11) is 3.62. The van der Waals surface area contributed by atoms with Gasteiger partial charge in [0.25, 0.3) is 0 Å². The van der Waals surface area contributed by atoms with Gasteiger partial charge in [0.15, 0.2) is 5.65 Å². The van der Waals surface area contributed by atoms with Crippen LogP contribution >= 0.6 is 0 Å². The quantitative estimate of drug-likeness (QED) is 0.859. The normalized spacial score (nSPS) is 13.4. The number of nitrogen functional groups attached to an aromatic ring is 1. The summed E-state index contributed by atoms with van der Waals surface area (Å²) in [6.07, 6.45) is 0. The summed E-state index contributed by atoms with van der Waals surface area (Å²) in [5.41, 5.74) is 8.72. The third-order valence-electron chi connectivity index (χ3n) is 2.87. The van der Waals surface area contributed by atoms with E-state index in [1.54, 1.807) is 7.11 Å². The minimum atomic E-state index is 0.384. The highest BCUT2D eigenvalue weighted by Gasteiger charge is 2.17. The van der Waals surface area contributed by atoms with Gasteiger partial charge >= 0.3 is 0 Å². The van der Waals surface area contributed by atoms with E-state index >= 15 is 0 Å². The summed E-state index contributed by atoms with van der Waals surface area (Å²) in [6, 6.07) is 0. The second-order valence-electron chi connectivity index (χ2n) is 4.52. The topological polar surface area (TPSA) is 70.9 Å². The monoisotopic (exact) mass is 237 g/mol. The molecule has 6 nitrogen and oxygen atoms in total. The van der Waals surface area contributed by atoms with Crippen LogP contribution in [0.1, 0.15) is 12.6 Å². The zero-order valence-electron chi connectivity index (χ0n) is 10.8. The van der Waals surface area contributed by atoms with Crippen LogP contribution in [0, 0.1) is 12.8 Å². The van der Waals surface area contributed by atoms with Crippen molar-refractivity contribution in [1.29, 1.82) is 0 Å².